The zero-order chi connectivity index (χ0) is 15.1. The van der Waals surface area contributed by atoms with Gasteiger partial charge in [0.15, 0.2) is 0 Å². The minimum atomic E-state index is -0.674. The van der Waals surface area contributed by atoms with E-state index in [0.717, 1.165) is 34.2 Å². The molecule has 0 amide bonds. The van der Waals surface area contributed by atoms with Gasteiger partial charge in [-0.2, -0.15) is 0 Å². The van der Waals surface area contributed by atoms with Crippen molar-refractivity contribution in [1.29, 1.82) is 0 Å². The largest absolute Gasteiger partial charge is 0.481 e. The van der Waals surface area contributed by atoms with Crippen molar-refractivity contribution >= 4 is 32.9 Å². The summed E-state index contributed by atoms with van der Waals surface area (Å²) in [7, 11) is 0. The quantitative estimate of drug-likeness (QED) is 0.895. The van der Waals surface area contributed by atoms with Crippen LogP contribution in [0.15, 0.2) is 22.7 Å². The number of aliphatic carboxylic acids is 1. The summed E-state index contributed by atoms with van der Waals surface area (Å²) in [6.45, 7) is 4.30. The van der Waals surface area contributed by atoms with E-state index in [1.807, 2.05) is 12.1 Å². The summed E-state index contributed by atoms with van der Waals surface area (Å²) in [6.07, 6.45) is 2.37. The minimum absolute atomic E-state index is 0.220. The Balaban J connectivity index is 2.06. The highest BCUT2D eigenvalue weighted by Crippen LogP contribution is 2.40. The Kier molecular flexibility index (Phi) is 3.78. The van der Waals surface area contributed by atoms with E-state index in [1.54, 1.807) is 0 Å². The number of halogens is 1. The van der Waals surface area contributed by atoms with Crippen LogP contribution < -0.4 is 0 Å². The first-order chi connectivity index (χ1) is 9.97. The molecule has 1 aromatic heterocycles. The van der Waals surface area contributed by atoms with Crippen molar-refractivity contribution in [3.05, 3.63) is 28.5 Å². The van der Waals surface area contributed by atoms with Gasteiger partial charge >= 0.3 is 5.97 Å². The van der Waals surface area contributed by atoms with E-state index in [1.165, 1.54) is 0 Å². The van der Waals surface area contributed by atoms with E-state index in [2.05, 4.69) is 40.4 Å². The number of carboxylic acid groups (broad SMARTS) is 1. The lowest BCUT2D eigenvalue weighted by atomic mass is 10.0. The van der Waals surface area contributed by atoms with Crippen LogP contribution in [0.3, 0.4) is 0 Å². The Hall–Kier alpha value is -1.36. The third kappa shape index (κ3) is 2.59. The van der Waals surface area contributed by atoms with Crippen LogP contribution in [-0.4, -0.2) is 20.6 Å². The third-order valence-electron chi connectivity index (χ3n) is 4.34. The number of imidazole rings is 1. The molecule has 0 radical (unpaired) electrons. The lowest BCUT2D eigenvalue weighted by Gasteiger charge is -2.17. The van der Waals surface area contributed by atoms with Gasteiger partial charge in [0, 0.05) is 16.4 Å². The van der Waals surface area contributed by atoms with Crippen LogP contribution in [0.5, 0.6) is 0 Å². The molecule has 5 heteroatoms. The van der Waals surface area contributed by atoms with Gasteiger partial charge in [-0.05, 0) is 51.3 Å². The monoisotopic (exact) mass is 350 g/mol. The Bertz CT molecular complexity index is 693. The van der Waals surface area contributed by atoms with Crippen molar-refractivity contribution in [3.63, 3.8) is 0 Å². The SMILES string of the molecule is CC(C)n1c(C2CCC(C(=O)O)C2)nc2cc(Br)ccc21. The second kappa shape index (κ2) is 5.44. The molecule has 21 heavy (non-hydrogen) atoms. The second-order valence-electron chi connectivity index (χ2n) is 6.11. The van der Waals surface area contributed by atoms with Gasteiger partial charge < -0.3 is 9.67 Å². The molecule has 0 bridgehead atoms. The molecule has 0 saturated heterocycles. The Morgan fingerprint density at radius 2 is 2.19 bits per heavy atom. The van der Waals surface area contributed by atoms with E-state index in [4.69, 9.17) is 4.98 Å². The summed E-state index contributed by atoms with van der Waals surface area (Å²) in [5.74, 6) is 0.399. The Morgan fingerprint density at radius 3 is 2.81 bits per heavy atom. The second-order valence-corrected chi connectivity index (χ2v) is 7.03. The normalized spacial score (nSPS) is 22.3. The van der Waals surface area contributed by atoms with Crippen LogP contribution in [-0.2, 0) is 4.79 Å². The van der Waals surface area contributed by atoms with Crippen LogP contribution in [0, 0.1) is 5.92 Å². The van der Waals surface area contributed by atoms with Crippen LogP contribution >= 0.6 is 15.9 Å². The fraction of sp³-hybridized carbons (Fsp3) is 0.500. The molecular formula is C16H19BrN2O2. The smallest absolute Gasteiger partial charge is 0.306 e. The first-order valence-electron chi connectivity index (χ1n) is 7.37. The highest BCUT2D eigenvalue weighted by molar-refractivity contribution is 9.10. The minimum Gasteiger partial charge on any atom is -0.481 e. The number of aromatic nitrogens is 2. The van der Waals surface area contributed by atoms with E-state index < -0.39 is 5.97 Å². The maximum Gasteiger partial charge on any atom is 0.306 e. The predicted octanol–water partition coefficient (Wildman–Crippen LogP) is 4.35. The molecule has 1 N–H and O–H groups in total. The number of hydrogen-bond acceptors (Lipinski definition) is 2. The van der Waals surface area contributed by atoms with Gasteiger partial charge in [0.25, 0.3) is 0 Å². The highest BCUT2D eigenvalue weighted by Gasteiger charge is 2.33. The lowest BCUT2D eigenvalue weighted by molar-refractivity contribution is -0.141. The molecule has 2 unspecified atom stereocenters. The van der Waals surface area contributed by atoms with Crippen molar-refractivity contribution in [3.8, 4) is 0 Å². The maximum absolute atomic E-state index is 11.2. The number of rotatable bonds is 3. The molecule has 1 aromatic carbocycles. The number of nitrogens with zero attached hydrogens (tertiary/aromatic N) is 2. The van der Waals surface area contributed by atoms with E-state index in [9.17, 15) is 9.90 Å². The van der Waals surface area contributed by atoms with Gasteiger partial charge in [-0.1, -0.05) is 15.9 Å². The van der Waals surface area contributed by atoms with Crippen molar-refractivity contribution in [2.45, 2.75) is 45.1 Å². The van der Waals surface area contributed by atoms with E-state index in [-0.39, 0.29) is 11.8 Å². The zero-order valence-corrected chi connectivity index (χ0v) is 13.8. The van der Waals surface area contributed by atoms with Gasteiger partial charge in [-0.25, -0.2) is 4.98 Å². The van der Waals surface area contributed by atoms with Crippen LogP contribution in [0.4, 0.5) is 0 Å². The molecule has 0 spiro atoms. The Labute approximate surface area is 132 Å². The van der Waals surface area contributed by atoms with Gasteiger partial charge in [0.05, 0.1) is 17.0 Å². The van der Waals surface area contributed by atoms with Crippen molar-refractivity contribution < 1.29 is 9.90 Å². The number of fused-ring (bicyclic) bond motifs is 1. The molecule has 1 fully saturated rings. The summed E-state index contributed by atoms with van der Waals surface area (Å²) in [5, 5.41) is 9.20. The number of benzene rings is 1. The molecule has 1 aliphatic rings. The average Bonchev–Trinajstić information content (AvgIpc) is 3.01. The van der Waals surface area contributed by atoms with Crippen LogP contribution in [0.2, 0.25) is 0 Å². The van der Waals surface area contributed by atoms with Gasteiger partial charge in [-0.15, -0.1) is 0 Å². The highest BCUT2D eigenvalue weighted by atomic mass is 79.9. The zero-order valence-electron chi connectivity index (χ0n) is 12.2. The van der Waals surface area contributed by atoms with Gasteiger partial charge in [-0.3, -0.25) is 4.79 Å². The number of carbonyl (C=O) groups is 1. The van der Waals surface area contributed by atoms with Gasteiger partial charge in [0.1, 0.15) is 5.82 Å². The fourth-order valence-electron chi connectivity index (χ4n) is 3.36. The lowest BCUT2D eigenvalue weighted by Crippen LogP contribution is -2.12. The fourth-order valence-corrected chi connectivity index (χ4v) is 3.71. The molecule has 4 nitrogen and oxygen atoms in total. The molecule has 112 valence electrons. The first-order valence-corrected chi connectivity index (χ1v) is 8.17. The maximum atomic E-state index is 11.2. The molecule has 3 rings (SSSR count). The third-order valence-corrected chi connectivity index (χ3v) is 4.84. The first kappa shape index (κ1) is 14.6. The van der Waals surface area contributed by atoms with Crippen LogP contribution in [0.25, 0.3) is 11.0 Å². The molecular weight excluding hydrogens is 332 g/mol. The molecule has 1 aliphatic carbocycles. The van der Waals surface area contributed by atoms with Crippen molar-refractivity contribution in [2.75, 3.05) is 0 Å². The summed E-state index contributed by atoms with van der Waals surface area (Å²) in [6, 6.07) is 6.46. The van der Waals surface area contributed by atoms with Gasteiger partial charge in [0.2, 0.25) is 0 Å². The summed E-state index contributed by atoms with van der Waals surface area (Å²) in [4.78, 5) is 16.0. The molecule has 0 aliphatic heterocycles. The standard InChI is InChI=1S/C16H19BrN2O2/c1-9(2)19-14-6-5-12(17)8-13(14)18-15(19)10-3-4-11(7-10)16(20)21/h5-6,8-11H,3-4,7H2,1-2H3,(H,20,21). The molecule has 1 heterocycles. The summed E-state index contributed by atoms with van der Waals surface area (Å²) >= 11 is 3.49. The topological polar surface area (TPSA) is 55.1 Å². The predicted molar refractivity (Wildman–Crippen MR) is 85.5 cm³/mol. The van der Waals surface area contributed by atoms with Crippen LogP contribution in [0.1, 0.15) is 50.9 Å². The Morgan fingerprint density at radius 1 is 1.43 bits per heavy atom. The van der Waals surface area contributed by atoms with E-state index >= 15 is 0 Å². The number of carboxylic acids is 1. The molecule has 1 saturated carbocycles. The summed E-state index contributed by atoms with van der Waals surface area (Å²) in [5.41, 5.74) is 2.11. The van der Waals surface area contributed by atoms with Crippen molar-refractivity contribution in [1.82, 2.24) is 9.55 Å². The molecule has 2 atom stereocenters. The summed E-state index contributed by atoms with van der Waals surface area (Å²) < 4.78 is 3.28. The van der Waals surface area contributed by atoms with Crippen molar-refractivity contribution in [2.24, 2.45) is 5.92 Å². The van der Waals surface area contributed by atoms with E-state index in [0.29, 0.717) is 12.5 Å². The number of hydrogen-bond donors (Lipinski definition) is 1. The average molecular weight is 351 g/mol. The molecule has 2 aromatic rings.